The minimum absolute atomic E-state index is 0.00236. The number of carbonyl (C=O) groups excluding carboxylic acids is 4. The number of fused-ring (bicyclic) bond motifs is 1. The van der Waals surface area contributed by atoms with E-state index in [9.17, 15) is 19.2 Å². The highest BCUT2D eigenvalue weighted by molar-refractivity contribution is 6.00. The Morgan fingerprint density at radius 3 is 2.28 bits per heavy atom. The van der Waals surface area contributed by atoms with E-state index in [0.717, 1.165) is 32.2 Å². The molecular weight excluding hydrogens is 899 g/mol. The van der Waals surface area contributed by atoms with E-state index in [4.69, 9.17) is 24.8 Å². The molecule has 5 amide bonds. The minimum atomic E-state index is -0.687. The molecule has 4 aromatic heterocycles. The summed E-state index contributed by atoms with van der Waals surface area (Å²) >= 11 is 0. The van der Waals surface area contributed by atoms with Crippen molar-refractivity contribution in [2.75, 3.05) is 82.7 Å². The largest absolute Gasteiger partial charge is 0.483 e. The predicted octanol–water partition coefficient (Wildman–Crippen LogP) is 4.13. The van der Waals surface area contributed by atoms with E-state index < -0.39 is 29.3 Å². The maximum Gasteiger partial charge on any atom is 0.410 e. The van der Waals surface area contributed by atoms with Crippen LogP contribution in [0.15, 0.2) is 35.4 Å². The number of aromatic nitrogens is 7. The fourth-order valence-electron chi connectivity index (χ4n) is 9.44. The van der Waals surface area contributed by atoms with Crippen LogP contribution in [0, 0.1) is 17.6 Å². The summed E-state index contributed by atoms with van der Waals surface area (Å²) in [6.45, 7) is 10.5. The molecule has 364 valence electrons. The highest BCUT2D eigenvalue weighted by Gasteiger charge is 2.38. The summed E-state index contributed by atoms with van der Waals surface area (Å²) in [5.41, 5.74) is 8.32. The molecule has 1 aromatic carbocycles. The molecule has 4 saturated heterocycles. The lowest BCUT2D eigenvalue weighted by Gasteiger charge is -2.40. The summed E-state index contributed by atoms with van der Waals surface area (Å²) in [4.78, 5) is 76.0. The van der Waals surface area contributed by atoms with Crippen LogP contribution in [-0.4, -0.2) is 157 Å². The van der Waals surface area contributed by atoms with Crippen LogP contribution < -0.4 is 20.7 Å². The number of hydrogen-bond donors (Lipinski definition) is 2. The Hall–Kier alpha value is -7.04. The molecule has 4 aliphatic heterocycles. The normalized spacial score (nSPS) is 18.7. The third kappa shape index (κ3) is 9.55. The number of anilines is 2. The second-order valence-electron chi connectivity index (χ2n) is 19.4. The SMILES string of the molecule is CC(C)(C)n1nc(-c2noc(C3CC3)c2-c2ncc(OC3CN(C(=O)OCC(=O)N4CCC(CN5CCN(c6c(F)cc(CN7CCC(=O)NC7=O)cc6F)CC5)CC4)C3)cn2)c2c(N)ncnc21. The number of hydrogen-bond acceptors (Lipinski definition) is 16. The number of nitrogen functional groups attached to an aromatic ring is 1. The molecule has 5 aliphatic rings. The molecule has 3 N–H and O–H groups in total. The molecule has 5 aromatic rings. The number of halogens is 2. The van der Waals surface area contributed by atoms with Gasteiger partial charge < -0.3 is 39.3 Å². The minimum Gasteiger partial charge on any atom is -0.483 e. The number of piperazine rings is 1. The van der Waals surface area contributed by atoms with Crippen LogP contribution in [0.2, 0.25) is 0 Å². The average molecular weight is 953 g/mol. The number of likely N-dealkylation sites (tertiary alicyclic amines) is 2. The molecule has 0 radical (unpaired) electrons. The average Bonchev–Trinajstić information content (AvgIpc) is 3.92. The van der Waals surface area contributed by atoms with E-state index in [0.29, 0.717) is 96.1 Å². The summed E-state index contributed by atoms with van der Waals surface area (Å²) in [7, 11) is 0. The highest BCUT2D eigenvalue weighted by atomic mass is 19.1. The van der Waals surface area contributed by atoms with E-state index >= 15 is 8.78 Å². The summed E-state index contributed by atoms with van der Waals surface area (Å²) in [5.74, 6) is 0.288. The van der Waals surface area contributed by atoms with Crippen molar-refractivity contribution in [3.63, 3.8) is 0 Å². The van der Waals surface area contributed by atoms with Gasteiger partial charge in [0.1, 0.15) is 47.0 Å². The maximum absolute atomic E-state index is 15.3. The monoisotopic (exact) mass is 952 g/mol. The molecule has 10 rings (SSSR count). The van der Waals surface area contributed by atoms with Gasteiger partial charge >= 0.3 is 12.1 Å². The Morgan fingerprint density at radius 1 is 0.899 bits per heavy atom. The quantitative estimate of drug-likeness (QED) is 0.179. The van der Waals surface area contributed by atoms with Crippen molar-refractivity contribution < 1.29 is 42.0 Å². The number of nitrogens with one attached hydrogen (secondary N) is 1. The van der Waals surface area contributed by atoms with Gasteiger partial charge in [0.2, 0.25) is 5.91 Å². The number of ether oxygens (including phenoxy) is 2. The van der Waals surface area contributed by atoms with E-state index in [1.807, 2.05) is 20.8 Å². The van der Waals surface area contributed by atoms with Gasteiger partial charge in [-0.25, -0.2) is 43.0 Å². The van der Waals surface area contributed by atoms with Gasteiger partial charge in [-0.2, -0.15) is 5.10 Å². The number of imide groups is 1. The van der Waals surface area contributed by atoms with Gasteiger partial charge in [-0.05, 0) is 70.1 Å². The van der Waals surface area contributed by atoms with E-state index in [2.05, 4.69) is 35.3 Å². The van der Waals surface area contributed by atoms with Crippen LogP contribution in [0.5, 0.6) is 5.75 Å². The van der Waals surface area contributed by atoms with Crippen LogP contribution >= 0.6 is 0 Å². The molecule has 5 fully saturated rings. The van der Waals surface area contributed by atoms with E-state index in [1.54, 1.807) is 26.9 Å². The molecule has 1 saturated carbocycles. The predicted molar refractivity (Wildman–Crippen MR) is 243 cm³/mol. The van der Waals surface area contributed by atoms with Crippen LogP contribution in [0.4, 0.5) is 29.9 Å². The van der Waals surface area contributed by atoms with Crippen LogP contribution in [0.3, 0.4) is 0 Å². The van der Waals surface area contributed by atoms with Crippen molar-refractivity contribution in [1.29, 1.82) is 0 Å². The summed E-state index contributed by atoms with van der Waals surface area (Å²) < 4.78 is 49.7. The zero-order valence-corrected chi connectivity index (χ0v) is 38.7. The number of rotatable bonds is 12. The third-order valence-corrected chi connectivity index (χ3v) is 13.4. The van der Waals surface area contributed by atoms with Gasteiger partial charge in [-0.1, -0.05) is 5.16 Å². The van der Waals surface area contributed by atoms with Crippen molar-refractivity contribution in [1.82, 2.24) is 59.8 Å². The second-order valence-corrected chi connectivity index (χ2v) is 19.4. The van der Waals surface area contributed by atoms with Crippen molar-refractivity contribution in [2.24, 2.45) is 5.92 Å². The highest BCUT2D eigenvalue weighted by Crippen LogP contribution is 2.48. The van der Waals surface area contributed by atoms with Gasteiger partial charge in [0, 0.05) is 71.2 Å². The number of carbonyl (C=O) groups is 4. The first-order valence-corrected chi connectivity index (χ1v) is 23.4. The molecule has 23 heteroatoms. The molecule has 8 heterocycles. The zero-order valence-electron chi connectivity index (χ0n) is 38.7. The lowest BCUT2D eigenvalue weighted by Crippen LogP contribution is -2.56. The van der Waals surface area contributed by atoms with Crippen molar-refractivity contribution in [3.8, 4) is 28.5 Å². The molecule has 69 heavy (non-hydrogen) atoms. The Balaban J connectivity index is 0.654. The van der Waals surface area contributed by atoms with Gasteiger partial charge in [0.05, 0.1) is 42.0 Å². The summed E-state index contributed by atoms with van der Waals surface area (Å²) in [6.07, 6.45) is 7.26. The van der Waals surface area contributed by atoms with Crippen LogP contribution in [0.1, 0.15) is 70.1 Å². The Morgan fingerprint density at radius 2 is 1.61 bits per heavy atom. The molecule has 0 spiro atoms. The summed E-state index contributed by atoms with van der Waals surface area (Å²) in [6, 6.07) is 1.93. The van der Waals surface area contributed by atoms with Gasteiger partial charge in [0.15, 0.2) is 29.6 Å². The third-order valence-electron chi connectivity index (χ3n) is 13.4. The maximum atomic E-state index is 15.3. The van der Waals surface area contributed by atoms with Crippen LogP contribution in [-0.2, 0) is 26.4 Å². The second kappa shape index (κ2) is 18.5. The van der Waals surface area contributed by atoms with Crippen LogP contribution in [0.25, 0.3) is 33.8 Å². The zero-order chi connectivity index (χ0) is 48.1. The first-order valence-electron chi connectivity index (χ1n) is 23.4. The Labute approximate surface area is 395 Å². The van der Waals surface area contributed by atoms with Gasteiger partial charge in [-0.15, -0.1) is 0 Å². The fourth-order valence-corrected chi connectivity index (χ4v) is 9.44. The fraction of sp³-hybridized carbons (Fsp3) is 0.522. The standard InChI is InChI=1S/C46H54F2N14O7/c1-46(2,3)62-43-36(41(49)52-25-53-43)37(55-62)38-35(40(69-56-38)28-4-5-28)42-50-18-29(19-51-42)68-30-22-61(23-30)45(66)67-24-34(64)58-9-6-26(7-10-58)20-57-12-14-59(15-13-57)39-31(47)16-27(17-32(39)48)21-60-11-8-33(63)54-44(60)65/h16-19,25-26,28,30H,4-15,20-24H2,1-3H3,(H2,49,52,53)(H,54,63,65). The molecular formula is C46H54F2N14O7. The van der Waals surface area contributed by atoms with Gasteiger partial charge in [-0.3, -0.25) is 19.8 Å². The number of urea groups is 1. The Bertz CT molecular complexity index is 2750. The van der Waals surface area contributed by atoms with Crippen molar-refractivity contribution in [3.05, 3.63) is 53.8 Å². The van der Waals surface area contributed by atoms with Crippen molar-refractivity contribution >= 4 is 46.5 Å². The number of nitrogens with two attached hydrogens (primary N) is 1. The van der Waals surface area contributed by atoms with E-state index in [-0.39, 0.29) is 74.5 Å². The van der Waals surface area contributed by atoms with E-state index in [1.165, 1.54) is 28.3 Å². The summed E-state index contributed by atoms with van der Waals surface area (Å²) in [5, 5.41) is 12.1. The number of benzene rings is 1. The lowest BCUT2D eigenvalue weighted by molar-refractivity contribution is -0.136. The molecule has 21 nitrogen and oxygen atoms in total. The molecule has 0 atom stereocenters. The molecule has 0 bridgehead atoms. The smallest absolute Gasteiger partial charge is 0.410 e. The lowest BCUT2D eigenvalue weighted by atomic mass is 9.96. The van der Waals surface area contributed by atoms with Gasteiger partial charge in [0.25, 0.3) is 5.91 Å². The number of nitrogens with zero attached hydrogens (tertiary/aromatic N) is 12. The number of piperidine rings is 1. The Kier molecular flexibility index (Phi) is 12.2. The first kappa shape index (κ1) is 45.7. The number of amides is 5. The molecule has 1 aliphatic carbocycles. The molecule has 0 unspecified atom stereocenters. The first-order chi connectivity index (χ1) is 33.2. The topological polar surface area (TPSA) is 236 Å². The van der Waals surface area contributed by atoms with Crippen molar-refractivity contribution in [2.45, 2.75) is 77.0 Å².